The molecule has 0 saturated carbocycles. The van der Waals surface area contributed by atoms with Crippen LogP contribution in [0.3, 0.4) is 0 Å². The highest BCUT2D eigenvalue weighted by molar-refractivity contribution is 9.10. The maximum Gasteiger partial charge on any atom is 0.244 e. The molecule has 3 N–H and O–H groups in total. The number of anilines is 1. The fourth-order valence-corrected chi connectivity index (χ4v) is 2.14. The molecule has 3 nitrogen and oxygen atoms in total. The number of carbonyl (C=O) groups excluding carboxylic acids is 1. The maximum absolute atomic E-state index is 11.6. The smallest absolute Gasteiger partial charge is 0.244 e. The Hall–Kier alpha value is -1.81. The Morgan fingerprint density at radius 3 is 2.47 bits per heavy atom. The van der Waals surface area contributed by atoms with Gasteiger partial charge >= 0.3 is 0 Å². The first-order valence-electron chi connectivity index (χ1n) is 5.94. The molecule has 0 bridgehead atoms. The van der Waals surface area contributed by atoms with Crippen LogP contribution in [0.5, 0.6) is 0 Å². The van der Waals surface area contributed by atoms with E-state index in [1.54, 1.807) is 0 Å². The Kier molecular flexibility index (Phi) is 4.22. The third kappa shape index (κ3) is 3.58. The number of amides is 1. The van der Waals surface area contributed by atoms with Gasteiger partial charge in [0.05, 0.1) is 0 Å². The minimum absolute atomic E-state index is 0.399. The Labute approximate surface area is 121 Å². The van der Waals surface area contributed by atoms with E-state index in [0.717, 1.165) is 21.3 Å². The molecule has 0 heterocycles. The van der Waals surface area contributed by atoms with Crippen LogP contribution in [-0.2, 0) is 4.79 Å². The van der Waals surface area contributed by atoms with Crippen molar-refractivity contribution in [3.05, 3.63) is 64.1 Å². The molecule has 1 atom stereocenters. The third-order valence-corrected chi connectivity index (χ3v) is 3.35. The predicted octanol–water partition coefficient (Wildman–Crippen LogP) is 3.40. The molecule has 0 spiro atoms. The minimum Gasteiger partial charge on any atom is -0.370 e. The van der Waals surface area contributed by atoms with Crippen LogP contribution in [0.4, 0.5) is 5.69 Å². The summed E-state index contributed by atoms with van der Waals surface area (Å²) < 4.78 is 0.968. The SMILES string of the molecule is Cc1cccc(NC(C(N)=O)c2ccc(Br)cc2)c1. The Morgan fingerprint density at radius 2 is 1.89 bits per heavy atom. The number of benzene rings is 2. The van der Waals surface area contributed by atoms with Gasteiger partial charge in [-0.3, -0.25) is 4.79 Å². The molecule has 0 aliphatic heterocycles. The van der Waals surface area contributed by atoms with Crippen molar-refractivity contribution in [2.24, 2.45) is 5.73 Å². The molecule has 98 valence electrons. The van der Waals surface area contributed by atoms with Crippen molar-refractivity contribution in [2.45, 2.75) is 13.0 Å². The molecule has 0 aromatic heterocycles. The van der Waals surface area contributed by atoms with Crippen LogP contribution < -0.4 is 11.1 Å². The normalized spacial score (nSPS) is 11.9. The predicted molar refractivity (Wildman–Crippen MR) is 80.9 cm³/mol. The summed E-state index contributed by atoms with van der Waals surface area (Å²) in [4.78, 5) is 11.6. The van der Waals surface area contributed by atoms with E-state index in [2.05, 4.69) is 21.2 Å². The van der Waals surface area contributed by atoms with Gasteiger partial charge < -0.3 is 11.1 Å². The van der Waals surface area contributed by atoms with Crippen molar-refractivity contribution in [3.8, 4) is 0 Å². The van der Waals surface area contributed by atoms with Gasteiger partial charge in [0.2, 0.25) is 5.91 Å². The highest BCUT2D eigenvalue weighted by atomic mass is 79.9. The summed E-state index contributed by atoms with van der Waals surface area (Å²) in [5.74, 6) is -0.399. The molecule has 19 heavy (non-hydrogen) atoms. The average molecular weight is 319 g/mol. The first kappa shape index (κ1) is 13.6. The quantitative estimate of drug-likeness (QED) is 0.907. The highest BCUT2D eigenvalue weighted by Gasteiger charge is 2.17. The Balaban J connectivity index is 2.26. The van der Waals surface area contributed by atoms with Crippen molar-refractivity contribution in [2.75, 3.05) is 5.32 Å². The van der Waals surface area contributed by atoms with Crippen LogP contribution in [0.1, 0.15) is 17.2 Å². The molecule has 0 aliphatic carbocycles. The van der Waals surface area contributed by atoms with E-state index >= 15 is 0 Å². The second-order valence-electron chi connectivity index (χ2n) is 4.40. The summed E-state index contributed by atoms with van der Waals surface area (Å²) in [7, 11) is 0. The van der Waals surface area contributed by atoms with Gasteiger partial charge in [0.25, 0.3) is 0 Å². The maximum atomic E-state index is 11.6. The molecule has 2 rings (SSSR count). The van der Waals surface area contributed by atoms with E-state index in [-0.39, 0.29) is 0 Å². The third-order valence-electron chi connectivity index (χ3n) is 2.82. The fraction of sp³-hybridized carbons (Fsp3) is 0.133. The topological polar surface area (TPSA) is 55.1 Å². The summed E-state index contributed by atoms with van der Waals surface area (Å²) in [5, 5.41) is 3.17. The average Bonchev–Trinajstić information content (AvgIpc) is 2.37. The van der Waals surface area contributed by atoms with Crippen molar-refractivity contribution in [3.63, 3.8) is 0 Å². The number of carbonyl (C=O) groups is 1. The van der Waals surface area contributed by atoms with Crippen molar-refractivity contribution in [1.29, 1.82) is 0 Å². The number of primary amides is 1. The lowest BCUT2D eigenvalue weighted by Crippen LogP contribution is -2.27. The summed E-state index contributed by atoms with van der Waals surface area (Å²) in [6, 6.07) is 14.9. The Bertz CT molecular complexity index is 581. The van der Waals surface area contributed by atoms with Gasteiger partial charge in [-0.25, -0.2) is 0 Å². The monoisotopic (exact) mass is 318 g/mol. The van der Waals surface area contributed by atoms with Gasteiger partial charge in [0.1, 0.15) is 6.04 Å². The van der Waals surface area contributed by atoms with Gasteiger partial charge in [0.15, 0.2) is 0 Å². The van der Waals surface area contributed by atoms with Crippen LogP contribution in [0.25, 0.3) is 0 Å². The largest absolute Gasteiger partial charge is 0.370 e. The zero-order chi connectivity index (χ0) is 13.8. The van der Waals surface area contributed by atoms with Gasteiger partial charge in [-0.2, -0.15) is 0 Å². The minimum atomic E-state index is -0.533. The summed E-state index contributed by atoms with van der Waals surface area (Å²) in [5.41, 5.74) is 8.33. The van der Waals surface area contributed by atoms with Crippen LogP contribution in [0, 0.1) is 6.92 Å². The molecule has 0 saturated heterocycles. The molecule has 2 aromatic carbocycles. The zero-order valence-corrected chi connectivity index (χ0v) is 12.1. The lowest BCUT2D eigenvalue weighted by Gasteiger charge is -2.17. The molecular formula is C15H15BrN2O. The van der Waals surface area contributed by atoms with Crippen LogP contribution in [0.15, 0.2) is 53.0 Å². The number of rotatable bonds is 4. The first-order chi connectivity index (χ1) is 9.06. The molecule has 0 fully saturated rings. The van der Waals surface area contributed by atoms with Gasteiger partial charge in [-0.05, 0) is 42.3 Å². The number of nitrogens with one attached hydrogen (secondary N) is 1. The number of aryl methyl sites for hydroxylation is 1. The lowest BCUT2D eigenvalue weighted by atomic mass is 10.1. The zero-order valence-electron chi connectivity index (χ0n) is 10.6. The molecule has 1 amide bonds. The van der Waals surface area contributed by atoms with E-state index in [4.69, 9.17) is 5.73 Å². The molecule has 1 unspecified atom stereocenters. The van der Waals surface area contributed by atoms with E-state index in [1.165, 1.54) is 0 Å². The van der Waals surface area contributed by atoms with Crippen LogP contribution >= 0.6 is 15.9 Å². The molecule has 2 aromatic rings. The Morgan fingerprint density at radius 1 is 1.21 bits per heavy atom. The number of nitrogens with two attached hydrogens (primary N) is 1. The molecule has 4 heteroatoms. The molecule has 0 radical (unpaired) electrons. The van der Waals surface area contributed by atoms with Crippen LogP contribution in [0.2, 0.25) is 0 Å². The van der Waals surface area contributed by atoms with E-state index < -0.39 is 11.9 Å². The fourth-order valence-electron chi connectivity index (χ4n) is 1.88. The van der Waals surface area contributed by atoms with Crippen LogP contribution in [-0.4, -0.2) is 5.91 Å². The highest BCUT2D eigenvalue weighted by Crippen LogP contribution is 2.22. The number of hydrogen-bond acceptors (Lipinski definition) is 2. The second-order valence-corrected chi connectivity index (χ2v) is 5.32. The first-order valence-corrected chi connectivity index (χ1v) is 6.73. The number of halogens is 1. The van der Waals surface area contributed by atoms with E-state index in [1.807, 2.05) is 55.5 Å². The van der Waals surface area contributed by atoms with Gasteiger partial charge in [-0.15, -0.1) is 0 Å². The van der Waals surface area contributed by atoms with E-state index in [0.29, 0.717) is 0 Å². The van der Waals surface area contributed by atoms with E-state index in [9.17, 15) is 4.79 Å². The summed E-state index contributed by atoms with van der Waals surface area (Å²) >= 11 is 3.37. The van der Waals surface area contributed by atoms with Gasteiger partial charge in [0, 0.05) is 10.2 Å². The summed E-state index contributed by atoms with van der Waals surface area (Å²) in [6.45, 7) is 2.00. The van der Waals surface area contributed by atoms with Crippen molar-refractivity contribution < 1.29 is 4.79 Å². The van der Waals surface area contributed by atoms with Gasteiger partial charge in [-0.1, -0.05) is 40.2 Å². The number of hydrogen-bond donors (Lipinski definition) is 2. The van der Waals surface area contributed by atoms with Crippen molar-refractivity contribution in [1.82, 2.24) is 0 Å². The molecular weight excluding hydrogens is 304 g/mol. The standard InChI is InChI=1S/C15H15BrN2O/c1-10-3-2-4-13(9-10)18-14(15(17)19)11-5-7-12(16)8-6-11/h2-9,14,18H,1H3,(H2,17,19). The summed E-state index contributed by atoms with van der Waals surface area (Å²) in [6.07, 6.45) is 0. The molecule has 0 aliphatic rings. The van der Waals surface area contributed by atoms with Crippen molar-refractivity contribution >= 4 is 27.5 Å². The lowest BCUT2D eigenvalue weighted by molar-refractivity contribution is -0.118. The second kappa shape index (κ2) is 5.89.